The van der Waals surface area contributed by atoms with Gasteiger partial charge in [-0.3, -0.25) is 0 Å². The summed E-state index contributed by atoms with van der Waals surface area (Å²) in [6.45, 7) is 9.36. The van der Waals surface area contributed by atoms with Gasteiger partial charge in [0.2, 0.25) is 0 Å². The predicted octanol–water partition coefficient (Wildman–Crippen LogP) is 3.77. The molecule has 3 heteroatoms. The summed E-state index contributed by atoms with van der Waals surface area (Å²) >= 11 is 0. The van der Waals surface area contributed by atoms with Crippen molar-refractivity contribution in [2.75, 3.05) is 6.16 Å². The average Bonchev–Trinajstić information content (AvgIpc) is 2.26. The minimum absolute atomic E-state index is 0.251. The molecule has 0 aliphatic carbocycles. The predicted molar refractivity (Wildman–Crippen MR) is 67.7 cm³/mol. The molecule has 0 fully saturated rings. The number of hydrogen-bond acceptors (Lipinski definition) is 2. The van der Waals surface area contributed by atoms with Gasteiger partial charge < -0.3 is 0 Å². The van der Waals surface area contributed by atoms with Gasteiger partial charge >= 0.3 is 13.3 Å². The Morgan fingerprint density at radius 3 is 2.50 bits per heavy atom. The van der Waals surface area contributed by atoms with Crippen LogP contribution in [0.5, 0.6) is 0 Å². The highest BCUT2D eigenvalue weighted by atomic mass is 31.1. The van der Waals surface area contributed by atoms with E-state index < -0.39 is 7.80 Å². The monoisotopic (exact) mass is 235 g/mol. The summed E-state index contributed by atoms with van der Waals surface area (Å²) in [7, 11) is -1.86. The van der Waals surface area contributed by atoms with Gasteiger partial charge in [-0.05, 0) is 49.6 Å². The lowest BCUT2D eigenvalue weighted by atomic mass is 10.00. The fourth-order valence-electron chi connectivity index (χ4n) is 1.52. The van der Waals surface area contributed by atoms with Gasteiger partial charge in [0, 0.05) is 0 Å². The van der Waals surface area contributed by atoms with E-state index in [1.807, 2.05) is 26.8 Å². The molecule has 0 aliphatic heterocycles. The van der Waals surface area contributed by atoms with Crippen molar-refractivity contribution in [3.05, 3.63) is 47.0 Å². The zero-order chi connectivity index (χ0) is 12.3. The summed E-state index contributed by atoms with van der Waals surface area (Å²) in [4.78, 5) is 11.9. The molecule has 84 valence electrons. The molecule has 0 heterocycles. The Labute approximate surface area is 97.2 Å². The molecular weight excluding hydrogens is 219 g/mol. The topological polar surface area (TPSA) is 34.1 Å². The first-order valence-electron chi connectivity index (χ1n) is 5.15. The van der Waals surface area contributed by atoms with Crippen molar-refractivity contribution in [1.82, 2.24) is 0 Å². The molecule has 0 amide bonds. The van der Waals surface area contributed by atoms with E-state index in [2.05, 4.69) is 6.58 Å². The largest absolute Gasteiger partial charge is 0.424 e. The van der Waals surface area contributed by atoms with E-state index in [-0.39, 0.29) is 11.7 Å². The highest BCUT2D eigenvalue weighted by molar-refractivity contribution is 7.64. The van der Waals surface area contributed by atoms with Gasteiger partial charge in [-0.1, -0.05) is 17.2 Å². The van der Waals surface area contributed by atoms with Crippen molar-refractivity contribution in [2.45, 2.75) is 20.8 Å². The number of carbonyl (C=O) groups excluding carboxylic acids is 1. The maximum atomic E-state index is 11.9. The molecular formula is C13H16O2P+. The second kappa shape index (κ2) is 5.18. The fourth-order valence-corrected chi connectivity index (χ4v) is 2.43. The lowest BCUT2D eigenvalue weighted by molar-refractivity contribution is 0.107. The summed E-state index contributed by atoms with van der Waals surface area (Å²) in [6, 6.07) is 3.66. The Balaban J connectivity index is 3.15. The molecule has 0 aliphatic rings. The van der Waals surface area contributed by atoms with Crippen molar-refractivity contribution < 1.29 is 9.36 Å². The third-order valence-corrected chi connectivity index (χ3v) is 4.09. The van der Waals surface area contributed by atoms with Gasteiger partial charge in [-0.25, -0.2) is 4.79 Å². The van der Waals surface area contributed by atoms with E-state index >= 15 is 0 Å². The normalized spacial score (nSPS) is 11.1. The first-order chi connectivity index (χ1) is 7.49. The number of rotatable bonds is 4. The molecule has 1 unspecified atom stereocenters. The molecule has 1 aromatic rings. The number of hydrogen-bond donors (Lipinski definition) is 0. The quantitative estimate of drug-likeness (QED) is 0.588. The fraction of sp³-hybridized carbons (Fsp3) is 0.308. The molecule has 0 aromatic heterocycles. The molecule has 0 N–H and O–H groups in total. The van der Waals surface area contributed by atoms with Gasteiger partial charge in [0.05, 0.1) is 5.56 Å². The number of benzene rings is 1. The van der Waals surface area contributed by atoms with Crippen molar-refractivity contribution in [3.63, 3.8) is 0 Å². The van der Waals surface area contributed by atoms with E-state index in [0.717, 1.165) is 16.7 Å². The van der Waals surface area contributed by atoms with Gasteiger partial charge in [0.25, 0.3) is 0 Å². The van der Waals surface area contributed by atoms with Crippen molar-refractivity contribution in [1.29, 1.82) is 0 Å². The van der Waals surface area contributed by atoms with Crippen LogP contribution in [0.4, 0.5) is 0 Å². The van der Waals surface area contributed by atoms with E-state index in [4.69, 9.17) is 0 Å². The Kier molecular flexibility index (Phi) is 4.14. The lowest BCUT2D eigenvalue weighted by Crippen LogP contribution is -2.01. The summed E-state index contributed by atoms with van der Waals surface area (Å²) in [5.74, 6) is 0. The zero-order valence-corrected chi connectivity index (χ0v) is 10.8. The van der Waals surface area contributed by atoms with Crippen LogP contribution in [0.1, 0.15) is 27.0 Å². The molecule has 1 atom stereocenters. The van der Waals surface area contributed by atoms with Crippen molar-refractivity contribution in [3.8, 4) is 0 Å². The van der Waals surface area contributed by atoms with Crippen LogP contribution in [-0.4, -0.2) is 11.7 Å². The highest BCUT2D eigenvalue weighted by Crippen LogP contribution is 2.29. The van der Waals surface area contributed by atoms with Gasteiger partial charge in [0.1, 0.15) is 0 Å². The van der Waals surface area contributed by atoms with Crippen molar-refractivity contribution >= 4 is 13.3 Å². The lowest BCUT2D eigenvalue weighted by Gasteiger charge is -2.06. The van der Waals surface area contributed by atoms with Crippen LogP contribution < -0.4 is 0 Å². The maximum absolute atomic E-state index is 11.9. The maximum Gasteiger partial charge on any atom is 0.424 e. The number of aryl methyl sites for hydroxylation is 1. The van der Waals surface area contributed by atoms with Crippen LogP contribution in [0.2, 0.25) is 0 Å². The molecule has 0 saturated carbocycles. The molecule has 16 heavy (non-hydrogen) atoms. The highest BCUT2D eigenvalue weighted by Gasteiger charge is 2.29. The van der Waals surface area contributed by atoms with Crippen LogP contribution >= 0.6 is 7.80 Å². The smallest absolute Gasteiger partial charge is 0.234 e. The Bertz CT molecular complexity index is 461. The molecule has 0 radical (unpaired) electrons. The summed E-state index contributed by atoms with van der Waals surface area (Å²) < 4.78 is 11.6. The SMILES string of the molecule is C=CC[P+](=O)C(=O)c1ccc(C)c(C)c1C. The Morgan fingerprint density at radius 2 is 1.94 bits per heavy atom. The number of carbonyl (C=O) groups is 1. The zero-order valence-electron chi connectivity index (χ0n) is 9.91. The van der Waals surface area contributed by atoms with E-state index in [1.165, 1.54) is 6.08 Å². The first kappa shape index (κ1) is 12.8. The first-order valence-corrected chi connectivity index (χ1v) is 6.60. The molecule has 1 aromatic carbocycles. The molecule has 1 rings (SSSR count). The second-order valence-electron chi connectivity index (χ2n) is 3.83. The number of allylic oxidation sites excluding steroid dienone is 1. The van der Waals surface area contributed by atoms with E-state index in [1.54, 1.807) is 6.07 Å². The van der Waals surface area contributed by atoms with Gasteiger partial charge in [-0.15, -0.1) is 0 Å². The van der Waals surface area contributed by atoms with Crippen molar-refractivity contribution in [2.24, 2.45) is 0 Å². The standard InChI is InChI=1S/C13H16O2P/c1-5-8-16(15)13(14)12-7-6-9(2)10(3)11(12)4/h5-7H,1,8H2,2-4H3/q+1. The van der Waals surface area contributed by atoms with Gasteiger partial charge in [-0.2, -0.15) is 0 Å². The van der Waals surface area contributed by atoms with Gasteiger partial charge in [0.15, 0.2) is 6.16 Å². The third kappa shape index (κ3) is 2.45. The van der Waals surface area contributed by atoms with Crippen LogP contribution in [0.25, 0.3) is 0 Å². The Hall–Kier alpha value is -1.27. The average molecular weight is 235 g/mol. The second-order valence-corrected chi connectivity index (χ2v) is 5.36. The Morgan fingerprint density at radius 1 is 1.31 bits per heavy atom. The summed E-state index contributed by atoms with van der Waals surface area (Å²) in [6.07, 6.45) is 1.77. The van der Waals surface area contributed by atoms with E-state index in [0.29, 0.717) is 5.56 Å². The molecule has 0 bridgehead atoms. The third-order valence-electron chi connectivity index (χ3n) is 2.81. The van der Waals surface area contributed by atoms with Crippen LogP contribution in [0.15, 0.2) is 24.8 Å². The van der Waals surface area contributed by atoms with Crippen LogP contribution in [-0.2, 0) is 4.57 Å². The molecule has 2 nitrogen and oxygen atoms in total. The molecule has 0 spiro atoms. The van der Waals surface area contributed by atoms with Crippen LogP contribution in [0.3, 0.4) is 0 Å². The minimum Gasteiger partial charge on any atom is -0.234 e. The summed E-state index contributed by atoms with van der Waals surface area (Å²) in [5, 5.41) is 0. The minimum atomic E-state index is -1.86. The van der Waals surface area contributed by atoms with E-state index in [9.17, 15) is 9.36 Å². The summed E-state index contributed by atoms with van der Waals surface area (Å²) in [5.41, 5.74) is 3.47. The molecule has 0 saturated heterocycles. The van der Waals surface area contributed by atoms with Crippen LogP contribution in [0, 0.1) is 20.8 Å².